The SMILES string of the molecule is CN1CCN(c2ccc3c(c2)NC(=O)C3=O)C(C)(C)C1=O. The molecule has 110 valence electrons. The Bertz CT molecular complexity index is 666. The average molecular weight is 287 g/mol. The Labute approximate surface area is 122 Å². The zero-order valence-corrected chi connectivity index (χ0v) is 12.3. The van der Waals surface area contributed by atoms with Crippen molar-refractivity contribution in [3.63, 3.8) is 0 Å². The summed E-state index contributed by atoms with van der Waals surface area (Å²) in [4.78, 5) is 39.1. The summed E-state index contributed by atoms with van der Waals surface area (Å²) in [6, 6.07) is 5.19. The molecule has 1 saturated heterocycles. The van der Waals surface area contributed by atoms with E-state index in [2.05, 4.69) is 5.32 Å². The van der Waals surface area contributed by atoms with E-state index in [-0.39, 0.29) is 5.91 Å². The fourth-order valence-electron chi connectivity index (χ4n) is 2.97. The van der Waals surface area contributed by atoms with Crippen LogP contribution in [-0.4, -0.2) is 48.2 Å². The summed E-state index contributed by atoms with van der Waals surface area (Å²) in [5, 5.41) is 2.56. The highest BCUT2D eigenvalue weighted by atomic mass is 16.2. The van der Waals surface area contributed by atoms with Crippen molar-refractivity contribution in [3.05, 3.63) is 23.8 Å². The van der Waals surface area contributed by atoms with E-state index in [4.69, 9.17) is 0 Å². The number of carbonyl (C=O) groups is 3. The van der Waals surface area contributed by atoms with E-state index >= 15 is 0 Å². The first-order chi connectivity index (χ1) is 9.82. The summed E-state index contributed by atoms with van der Waals surface area (Å²) in [5.74, 6) is -1.06. The molecule has 2 heterocycles. The minimum atomic E-state index is -0.659. The number of piperazine rings is 1. The molecule has 0 aliphatic carbocycles. The van der Waals surface area contributed by atoms with Crippen molar-refractivity contribution in [2.75, 3.05) is 30.4 Å². The highest BCUT2D eigenvalue weighted by molar-refractivity contribution is 6.51. The number of benzene rings is 1. The third-order valence-corrected chi connectivity index (χ3v) is 4.22. The average Bonchev–Trinajstić information content (AvgIpc) is 2.71. The molecule has 0 bridgehead atoms. The lowest BCUT2D eigenvalue weighted by Gasteiger charge is -2.46. The van der Waals surface area contributed by atoms with Gasteiger partial charge in [0, 0.05) is 25.8 Å². The number of nitrogens with one attached hydrogen (secondary N) is 1. The number of hydrogen-bond acceptors (Lipinski definition) is 4. The second-order valence-corrected chi connectivity index (χ2v) is 5.95. The number of amides is 2. The van der Waals surface area contributed by atoms with Crippen LogP contribution in [0, 0.1) is 0 Å². The van der Waals surface area contributed by atoms with Gasteiger partial charge < -0.3 is 15.1 Å². The number of anilines is 2. The van der Waals surface area contributed by atoms with Crippen molar-refractivity contribution in [2.24, 2.45) is 0 Å². The van der Waals surface area contributed by atoms with Crippen LogP contribution in [-0.2, 0) is 9.59 Å². The lowest BCUT2D eigenvalue weighted by atomic mass is 9.96. The quantitative estimate of drug-likeness (QED) is 0.778. The van der Waals surface area contributed by atoms with Gasteiger partial charge in [-0.1, -0.05) is 0 Å². The summed E-state index contributed by atoms with van der Waals surface area (Å²) in [7, 11) is 1.79. The Balaban J connectivity index is 1.99. The van der Waals surface area contributed by atoms with Gasteiger partial charge in [0.1, 0.15) is 5.54 Å². The lowest BCUT2D eigenvalue weighted by molar-refractivity contribution is -0.136. The minimum Gasteiger partial charge on any atom is -0.356 e. The lowest BCUT2D eigenvalue weighted by Crippen LogP contribution is -2.62. The van der Waals surface area contributed by atoms with E-state index < -0.39 is 17.2 Å². The number of rotatable bonds is 1. The maximum Gasteiger partial charge on any atom is 0.296 e. The molecule has 2 aliphatic rings. The summed E-state index contributed by atoms with van der Waals surface area (Å²) >= 11 is 0. The Morgan fingerprint density at radius 3 is 2.57 bits per heavy atom. The second-order valence-electron chi connectivity index (χ2n) is 5.95. The van der Waals surface area contributed by atoms with E-state index in [9.17, 15) is 14.4 Å². The number of hydrogen-bond donors (Lipinski definition) is 1. The summed E-state index contributed by atoms with van der Waals surface area (Å²) in [6.45, 7) is 5.10. The van der Waals surface area contributed by atoms with Crippen LogP contribution in [0.25, 0.3) is 0 Å². The predicted molar refractivity (Wildman–Crippen MR) is 78.5 cm³/mol. The van der Waals surface area contributed by atoms with Crippen molar-refractivity contribution in [1.82, 2.24) is 4.90 Å². The molecule has 0 atom stereocenters. The number of Topliss-reactive ketones (excluding diaryl/α,β-unsaturated/α-hetero) is 1. The molecule has 1 N–H and O–H groups in total. The topological polar surface area (TPSA) is 69.7 Å². The summed E-state index contributed by atoms with van der Waals surface area (Å²) in [5.41, 5.74) is 1.08. The van der Waals surface area contributed by atoms with Gasteiger partial charge >= 0.3 is 0 Å². The van der Waals surface area contributed by atoms with Crippen LogP contribution in [0.15, 0.2) is 18.2 Å². The van der Waals surface area contributed by atoms with Gasteiger partial charge in [0.2, 0.25) is 5.91 Å². The number of carbonyl (C=O) groups excluding carboxylic acids is 3. The summed E-state index contributed by atoms with van der Waals surface area (Å²) < 4.78 is 0. The maximum absolute atomic E-state index is 12.3. The monoisotopic (exact) mass is 287 g/mol. The molecule has 21 heavy (non-hydrogen) atoms. The van der Waals surface area contributed by atoms with Crippen molar-refractivity contribution < 1.29 is 14.4 Å². The second kappa shape index (κ2) is 4.31. The molecule has 2 aliphatic heterocycles. The van der Waals surface area contributed by atoms with Gasteiger partial charge in [0.05, 0.1) is 11.3 Å². The van der Waals surface area contributed by atoms with Crippen molar-refractivity contribution in [3.8, 4) is 0 Å². The Kier molecular flexibility index (Phi) is 2.79. The molecule has 0 unspecified atom stereocenters. The van der Waals surface area contributed by atoms with E-state index in [1.165, 1.54) is 0 Å². The third kappa shape index (κ3) is 1.90. The Morgan fingerprint density at radius 1 is 1.14 bits per heavy atom. The third-order valence-electron chi connectivity index (χ3n) is 4.22. The van der Waals surface area contributed by atoms with E-state index in [1.54, 1.807) is 30.1 Å². The Hall–Kier alpha value is -2.37. The normalized spacial score (nSPS) is 20.6. The highest BCUT2D eigenvalue weighted by Gasteiger charge is 2.41. The smallest absolute Gasteiger partial charge is 0.296 e. The molecule has 1 aromatic carbocycles. The van der Waals surface area contributed by atoms with Crippen LogP contribution in [0.4, 0.5) is 11.4 Å². The van der Waals surface area contributed by atoms with Gasteiger partial charge in [-0.15, -0.1) is 0 Å². The zero-order valence-electron chi connectivity index (χ0n) is 12.3. The van der Waals surface area contributed by atoms with Gasteiger partial charge in [0.15, 0.2) is 0 Å². The molecule has 0 saturated carbocycles. The van der Waals surface area contributed by atoms with Crippen LogP contribution in [0.3, 0.4) is 0 Å². The van der Waals surface area contributed by atoms with E-state index in [0.717, 1.165) is 5.69 Å². The largest absolute Gasteiger partial charge is 0.356 e. The first-order valence-electron chi connectivity index (χ1n) is 6.85. The minimum absolute atomic E-state index is 0.0503. The van der Waals surface area contributed by atoms with Gasteiger partial charge in [-0.25, -0.2) is 0 Å². The van der Waals surface area contributed by atoms with Gasteiger partial charge in [-0.2, -0.15) is 0 Å². The Morgan fingerprint density at radius 2 is 1.86 bits per heavy atom. The first kappa shape index (κ1) is 13.6. The van der Waals surface area contributed by atoms with E-state index in [0.29, 0.717) is 24.3 Å². The van der Waals surface area contributed by atoms with Crippen LogP contribution >= 0.6 is 0 Å². The zero-order chi connectivity index (χ0) is 15.4. The molecule has 1 aromatic rings. The fourth-order valence-corrected chi connectivity index (χ4v) is 2.97. The van der Waals surface area contributed by atoms with Crippen LogP contribution < -0.4 is 10.2 Å². The maximum atomic E-state index is 12.3. The van der Waals surface area contributed by atoms with Gasteiger partial charge in [-0.3, -0.25) is 14.4 Å². The molecular formula is C15H17N3O3. The van der Waals surface area contributed by atoms with Gasteiger partial charge in [-0.05, 0) is 32.0 Å². The molecule has 0 aromatic heterocycles. The number of likely N-dealkylation sites (N-methyl/N-ethyl adjacent to an activating group) is 1. The molecule has 1 fully saturated rings. The van der Waals surface area contributed by atoms with Gasteiger partial charge in [0.25, 0.3) is 11.7 Å². The standard InChI is InChI=1S/C15H17N3O3/c1-15(2)14(21)17(3)6-7-18(15)9-4-5-10-11(8-9)16-13(20)12(10)19/h4-5,8H,6-7H2,1-3H3,(H,16,19,20). The molecule has 6 heteroatoms. The molecule has 6 nitrogen and oxygen atoms in total. The van der Waals surface area contributed by atoms with Crippen LogP contribution in [0.2, 0.25) is 0 Å². The van der Waals surface area contributed by atoms with Crippen molar-refractivity contribution in [1.29, 1.82) is 0 Å². The highest BCUT2D eigenvalue weighted by Crippen LogP contribution is 2.33. The molecule has 0 radical (unpaired) electrons. The molecule has 0 spiro atoms. The molecule has 3 rings (SSSR count). The number of nitrogens with zero attached hydrogens (tertiary/aromatic N) is 2. The van der Waals surface area contributed by atoms with Crippen molar-refractivity contribution >= 4 is 29.0 Å². The van der Waals surface area contributed by atoms with Crippen molar-refractivity contribution in [2.45, 2.75) is 19.4 Å². The predicted octanol–water partition coefficient (Wildman–Crippen LogP) is 0.878. The summed E-state index contributed by atoms with van der Waals surface area (Å²) in [6.07, 6.45) is 0. The van der Waals surface area contributed by atoms with Crippen LogP contribution in [0.1, 0.15) is 24.2 Å². The molecule has 2 amide bonds. The fraction of sp³-hybridized carbons (Fsp3) is 0.400. The first-order valence-corrected chi connectivity index (χ1v) is 6.85. The number of ketones is 1. The molecular weight excluding hydrogens is 270 g/mol. The number of fused-ring (bicyclic) bond motifs is 1. The van der Waals surface area contributed by atoms with Crippen LogP contribution in [0.5, 0.6) is 0 Å². The van der Waals surface area contributed by atoms with E-state index in [1.807, 2.05) is 18.7 Å².